The van der Waals surface area contributed by atoms with Gasteiger partial charge in [0.05, 0.1) is 0 Å². The third kappa shape index (κ3) is 6.14. The van der Waals surface area contributed by atoms with Crippen LogP contribution in [0.15, 0.2) is 47.5 Å². The van der Waals surface area contributed by atoms with Gasteiger partial charge in [0.15, 0.2) is 17.5 Å². The van der Waals surface area contributed by atoms with Crippen molar-refractivity contribution in [3.8, 4) is 11.5 Å². The van der Waals surface area contributed by atoms with Crippen molar-refractivity contribution in [3.63, 3.8) is 0 Å². The molecule has 2 aromatic rings. The number of carbonyl (C=O) groups is 1. The first-order valence-electron chi connectivity index (χ1n) is 9.89. The maximum absolute atomic E-state index is 11.6. The van der Waals surface area contributed by atoms with E-state index in [4.69, 9.17) is 9.47 Å². The largest absolute Gasteiger partial charge is 0.454 e. The number of hydrogen-bond acceptors (Lipinski definition) is 4. The standard InChI is InChI=1S/C22H28N4O3/c1-3-4-21(27)26-18-8-5-17(6-9-18)14-25-22(23-2)24-12-11-16-7-10-19-20(13-16)29-15-28-19/h5-10,13H,3-4,11-12,14-15H2,1-2H3,(H,26,27)(H2,23,24,25). The molecule has 1 heterocycles. The van der Waals surface area contributed by atoms with Gasteiger partial charge < -0.3 is 25.4 Å². The van der Waals surface area contributed by atoms with Crippen LogP contribution in [0.4, 0.5) is 5.69 Å². The molecule has 0 saturated heterocycles. The highest BCUT2D eigenvalue weighted by Crippen LogP contribution is 2.32. The average Bonchev–Trinajstić information content (AvgIpc) is 3.19. The van der Waals surface area contributed by atoms with E-state index in [1.165, 1.54) is 5.56 Å². The Morgan fingerprint density at radius 1 is 1.03 bits per heavy atom. The van der Waals surface area contributed by atoms with E-state index in [2.05, 4.69) is 20.9 Å². The molecule has 1 aliphatic heterocycles. The van der Waals surface area contributed by atoms with Gasteiger partial charge in [0.1, 0.15) is 0 Å². The second kappa shape index (κ2) is 10.4. The van der Waals surface area contributed by atoms with Crippen molar-refractivity contribution in [2.45, 2.75) is 32.7 Å². The summed E-state index contributed by atoms with van der Waals surface area (Å²) >= 11 is 0. The molecule has 154 valence electrons. The Balaban J connectivity index is 1.41. The Bertz CT molecular complexity index is 850. The van der Waals surface area contributed by atoms with Gasteiger partial charge in [-0.25, -0.2) is 0 Å². The molecule has 7 heteroatoms. The van der Waals surface area contributed by atoms with E-state index in [1.807, 2.05) is 49.4 Å². The quantitative estimate of drug-likeness (QED) is 0.472. The fourth-order valence-corrected chi connectivity index (χ4v) is 2.98. The van der Waals surface area contributed by atoms with E-state index in [9.17, 15) is 4.79 Å². The van der Waals surface area contributed by atoms with Crippen molar-refractivity contribution in [3.05, 3.63) is 53.6 Å². The second-order valence-corrected chi connectivity index (χ2v) is 6.79. The summed E-state index contributed by atoms with van der Waals surface area (Å²) in [6, 6.07) is 13.8. The number of hydrogen-bond donors (Lipinski definition) is 3. The van der Waals surface area contributed by atoms with Gasteiger partial charge in [-0.3, -0.25) is 9.79 Å². The lowest BCUT2D eigenvalue weighted by atomic mass is 10.1. The molecule has 0 atom stereocenters. The minimum atomic E-state index is 0.0467. The van der Waals surface area contributed by atoms with Crippen molar-refractivity contribution >= 4 is 17.6 Å². The molecule has 3 N–H and O–H groups in total. The van der Waals surface area contributed by atoms with Gasteiger partial charge in [0.2, 0.25) is 12.7 Å². The van der Waals surface area contributed by atoms with Gasteiger partial charge in [-0.05, 0) is 48.2 Å². The van der Waals surface area contributed by atoms with Crippen LogP contribution >= 0.6 is 0 Å². The summed E-state index contributed by atoms with van der Waals surface area (Å²) in [6.45, 7) is 3.68. The Kier molecular flexibility index (Phi) is 7.33. The summed E-state index contributed by atoms with van der Waals surface area (Å²) in [7, 11) is 1.75. The molecule has 3 rings (SSSR count). The molecule has 29 heavy (non-hydrogen) atoms. The summed E-state index contributed by atoms with van der Waals surface area (Å²) in [6.07, 6.45) is 2.23. The number of ether oxygens (including phenoxy) is 2. The third-order valence-electron chi connectivity index (χ3n) is 4.54. The summed E-state index contributed by atoms with van der Waals surface area (Å²) < 4.78 is 10.8. The molecule has 0 aliphatic carbocycles. The first kappa shape index (κ1) is 20.5. The van der Waals surface area contributed by atoms with Crippen molar-refractivity contribution in [2.75, 3.05) is 25.7 Å². The highest BCUT2D eigenvalue weighted by Gasteiger charge is 2.13. The van der Waals surface area contributed by atoms with Crippen LogP contribution in [0.3, 0.4) is 0 Å². The van der Waals surface area contributed by atoms with Gasteiger partial charge in [0.25, 0.3) is 0 Å². The number of carbonyl (C=O) groups excluding carboxylic acids is 1. The zero-order valence-corrected chi connectivity index (χ0v) is 17.0. The van der Waals surface area contributed by atoms with Crippen molar-refractivity contribution < 1.29 is 14.3 Å². The molecule has 7 nitrogen and oxygen atoms in total. The van der Waals surface area contributed by atoms with Crippen LogP contribution in [-0.4, -0.2) is 32.3 Å². The van der Waals surface area contributed by atoms with Gasteiger partial charge in [-0.15, -0.1) is 0 Å². The van der Waals surface area contributed by atoms with Crippen LogP contribution in [-0.2, 0) is 17.8 Å². The van der Waals surface area contributed by atoms with Crippen molar-refractivity contribution in [1.29, 1.82) is 0 Å². The normalized spacial score (nSPS) is 12.6. The number of fused-ring (bicyclic) bond motifs is 1. The monoisotopic (exact) mass is 396 g/mol. The predicted molar refractivity (Wildman–Crippen MR) is 114 cm³/mol. The summed E-state index contributed by atoms with van der Waals surface area (Å²) in [5.74, 6) is 2.39. The number of amides is 1. The van der Waals surface area contributed by atoms with Crippen LogP contribution in [0.2, 0.25) is 0 Å². The van der Waals surface area contributed by atoms with E-state index >= 15 is 0 Å². The SMILES string of the molecule is CCCC(=O)Nc1ccc(CNC(=NC)NCCc2ccc3c(c2)OCO3)cc1. The van der Waals surface area contributed by atoms with Gasteiger partial charge in [-0.1, -0.05) is 25.1 Å². The topological polar surface area (TPSA) is 84.0 Å². The first-order valence-corrected chi connectivity index (χ1v) is 9.89. The molecule has 0 radical (unpaired) electrons. The minimum Gasteiger partial charge on any atom is -0.454 e. The average molecular weight is 396 g/mol. The first-order chi connectivity index (χ1) is 14.2. The molecule has 0 saturated carbocycles. The maximum Gasteiger partial charge on any atom is 0.231 e. The zero-order valence-electron chi connectivity index (χ0n) is 17.0. The van der Waals surface area contributed by atoms with E-state index in [0.29, 0.717) is 19.8 Å². The lowest BCUT2D eigenvalue weighted by molar-refractivity contribution is -0.116. The Morgan fingerprint density at radius 3 is 2.55 bits per heavy atom. The lowest BCUT2D eigenvalue weighted by Crippen LogP contribution is -2.37. The molecule has 0 aromatic heterocycles. The summed E-state index contributed by atoms with van der Waals surface area (Å²) in [5, 5.41) is 9.51. The van der Waals surface area contributed by atoms with Gasteiger partial charge in [0, 0.05) is 32.2 Å². The Hall–Kier alpha value is -3.22. The van der Waals surface area contributed by atoms with E-state index in [1.54, 1.807) is 7.05 Å². The number of guanidine groups is 1. The number of anilines is 1. The summed E-state index contributed by atoms with van der Waals surface area (Å²) in [4.78, 5) is 15.9. The fourth-order valence-electron chi connectivity index (χ4n) is 2.98. The highest BCUT2D eigenvalue weighted by molar-refractivity contribution is 5.90. The van der Waals surface area contributed by atoms with E-state index in [-0.39, 0.29) is 5.91 Å². The van der Waals surface area contributed by atoms with Crippen molar-refractivity contribution in [1.82, 2.24) is 10.6 Å². The predicted octanol–water partition coefficient (Wildman–Crippen LogP) is 3.06. The van der Waals surface area contributed by atoms with Crippen LogP contribution in [0, 0.1) is 0 Å². The van der Waals surface area contributed by atoms with E-state index < -0.39 is 0 Å². The smallest absolute Gasteiger partial charge is 0.231 e. The molecule has 0 spiro atoms. The molecule has 0 bridgehead atoms. The number of aliphatic imine (C=N–C) groups is 1. The lowest BCUT2D eigenvalue weighted by Gasteiger charge is -2.12. The minimum absolute atomic E-state index is 0.0467. The molecular weight excluding hydrogens is 368 g/mol. The molecular formula is C22H28N4O3. The Labute approximate surface area is 171 Å². The maximum atomic E-state index is 11.6. The molecule has 0 unspecified atom stereocenters. The number of nitrogens with one attached hydrogen (secondary N) is 3. The molecule has 2 aromatic carbocycles. The Morgan fingerprint density at radius 2 is 1.79 bits per heavy atom. The number of rotatable bonds is 8. The van der Waals surface area contributed by atoms with Crippen LogP contribution in [0.1, 0.15) is 30.9 Å². The van der Waals surface area contributed by atoms with E-state index in [0.717, 1.165) is 48.1 Å². The number of benzene rings is 2. The molecule has 1 amide bonds. The highest BCUT2D eigenvalue weighted by atomic mass is 16.7. The van der Waals surface area contributed by atoms with Crippen LogP contribution in [0.5, 0.6) is 11.5 Å². The number of nitrogens with zero attached hydrogens (tertiary/aromatic N) is 1. The zero-order chi connectivity index (χ0) is 20.5. The van der Waals surface area contributed by atoms with Gasteiger partial charge >= 0.3 is 0 Å². The fraction of sp³-hybridized carbons (Fsp3) is 0.364. The second-order valence-electron chi connectivity index (χ2n) is 6.79. The summed E-state index contributed by atoms with van der Waals surface area (Å²) in [5.41, 5.74) is 3.11. The van der Waals surface area contributed by atoms with Crippen molar-refractivity contribution in [2.24, 2.45) is 4.99 Å². The van der Waals surface area contributed by atoms with Crippen LogP contribution < -0.4 is 25.4 Å². The third-order valence-corrected chi connectivity index (χ3v) is 4.54. The molecule has 1 aliphatic rings. The van der Waals surface area contributed by atoms with Gasteiger partial charge in [-0.2, -0.15) is 0 Å². The molecule has 0 fully saturated rings. The van der Waals surface area contributed by atoms with Crippen LogP contribution in [0.25, 0.3) is 0 Å².